The van der Waals surface area contributed by atoms with Gasteiger partial charge in [0, 0.05) is 45.3 Å². The molecule has 0 saturated carbocycles. The number of aliphatic hydroxyl groups is 2. The zero-order valence-electron chi connectivity index (χ0n) is 21.8. The standard InChI is InChI=1S/C24H43NO11/c1-5-21-16(2)23(35-18(4)29)22(25-17(3)28)24(36-21)34-11-10-32-7-6-31-8-9-33-15-20(30)12-19(13-26)14-27/h16,19,21-24,26-27H,5-15H2,1-4H3,(H,25,28)/t16-,21+,22+,23-,24+/m0/s1. The second-order valence-electron chi connectivity index (χ2n) is 8.73. The minimum absolute atomic E-state index is 0.0732. The molecular weight excluding hydrogens is 478 g/mol. The third kappa shape index (κ3) is 12.5. The van der Waals surface area contributed by atoms with Crippen LogP contribution in [0, 0.1) is 11.8 Å². The first kappa shape index (κ1) is 32.4. The Kier molecular flexibility index (Phi) is 16.7. The van der Waals surface area contributed by atoms with E-state index in [1.165, 1.54) is 13.8 Å². The summed E-state index contributed by atoms with van der Waals surface area (Å²) in [4.78, 5) is 35.0. The minimum Gasteiger partial charge on any atom is -0.460 e. The summed E-state index contributed by atoms with van der Waals surface area (Å²) in [5, 5.41) is 20.7. The molecule has 12 heteroatoms. The Balaban J connectivity index is 2.27. The maximum absolute atomic E-state index is 11.7. The van der Waals surface area contributed by atoms with Crippen LogP contribution in [-0.4, -0.2) is 112 Å². The quantitative estimate of drug-likeness (QED) is 0.153. The van der Waals surface area contributed by atoms with Crippen molar-refractivity contribution in [2.45, 2.75) is 65.1 Å². The molecule has 1 rings (SSSR count). The molecule has 0 aromatic carbocycles. The fourth-order valence-corrected chi connectivity index (χ4v) is 3.86. The van der Waals surface area contributed by atoms with Crippen molar-refractivity contribution in [3.63, 3.8) is 0 Å². The van der Waals surface area contributed by atoms with Gasteiger partial charge in [-0.25, -0.2) is 0 Å². The van der Waals surface area contributed by atoms with Crippen molar-refractivity contribution >= 4 is 17.7 Å². The molecule has 36 heavy (non-hydrogen) atoms. The van der Waals surface area contributed by atoms with Crippen LogP contribution in [0.15, 0.2) is 0 Å². The van der Waals surface area contributed by atoms with Crippen LogP contribution in [-0.2, 0) is 42.8 Å². The Morgan fingerprint density at radius 1 is 0.944 bits per heavy atom. The van der Waals surface area contributed by atoms with E-state index in [-0.39, 0.29) is 69.8 Å². The van der Waals surface area contributed by atoms with Gasteiger partial charge in [-0.3, -0.25) is 14.4 Å². The number of carbonyl (C=O) groups is 3. The van der Waals surface area contributed by atoms with E-state index in [2.05, 4.69) is 5.32 Å². The molecule has 5 atom stereocenters. The number of carbonyl (C=O) groups excluding carboxylic acids is 3. The summed E-state index contributed by atoms with van der Waals surface area (Å²) in [5.74, 6) is -1.48. The Morgan fingerprint density at radius 2 is 1.53 bits per heavy atom. The monoisotopic (exact) mass is 521 g/mol. The molecule has 0 radical (unpaired) electrons. The summed E-state index contributed by atoms with van der Waals surface area (Å²) in [5.41, 5.74) is 0. The fourth-order valence-electron chi connectivity index (χ4n) is 3.86. The van der Waals surface area contributed by atoms with E-state index >= 15 is 0 Å². The minimum atomic E-state index is -0.788. The van der Waals surface area contributed by atoms with Gasteiger partial charge in [-0.05, 0) is 6.42 Å². The second kappa shape index (κ2) is 18.6. The fraction of sp³-hybridized carbons (Fsp3) is 0.875. The lowest BCUT2D eigenvalue weighted by atomic mass is 9.87. The molecule has 1 saturated heterocycles. The number of amides is 1. The first-order valence-electron chi connectivity index (χ1n) is 12.4. The molecule has 1 heterocycles. The maximum atomic E-state index is 11.7. The zero-order chi connectivity index (χ0) is 26.9. The number of ether oxygens (including phenoxy) is 6. The lowest BCUT2D eigenvalue weighted by molar-refractivity contribution is -0.255. The number of nitrogens with one attached hydrogen (secondary N) is 1. The van der Waals surface area contributed by atoms with Crippen LogP contribution >= 0.6 is 0 Å². The van der Waals surface area contributed by atoms with Gasteiger partial charge >= 0.3 is 5.97 Å². The lowest BCUT2D eigenvalue weighted by Gasteiger charge is -2.44. The molecule has 3 N–H and O–H groups in total. The molecule has 210 valence electrons. The van der Waals surface area contributed by atoms with Gasteiger partial charge in [-0.15, -0.1) is 0 Å². The van der Waals surface area contributed by atoms with Crippen molar-refractivity contribution in [3.8, 4) is 0 Å². The summed E-state index contributed by atoms with van der Waals surface area (Å²) in [6.07, 6.45) is -0.786. The predicted molar refractivity (Wildman–Crippen MR) is 127 cm³/mol. The van der Waals surface area contributed by atoms with E-state index in [0.29, 0.717) is 26.2 Å². The van der Waals surface area contributed by atoms with E-state index in [1.807, 2.05) is 13.8 Å². The number of esters is 1. The van der Waals surface area contributed by atoms with Crippen LogP contribution < -0.4 is 5.32 Å². The van der Waals surface area contributed by atoms with Crippen LogP contribution in [0.5, 0.6) is 0 Å². The normalized spacial score (nSPS) is 24.0. The second-order valence-corrected chi connectivity index (χ2v) is 8.73. The van der Waals surface area contributed by atoms with Gasteiger partial charge in [0.05, 0.1) is 45.7 Å². The van der Waals surface area contributed by atoms with Crippen LogP contribution in [0.4, 0.5) is 0 Å². The number of ketones is 1. The van der Waals surface area contributed by atoms with E-state index in [1.54, 1.807) is 0 Å². The zero-order valence-corrected chi connectivity index (χ0v) is 21.8. The van der Waals surface area contributed by atoms with Gasteiger partial charge in [-0.1, -0.05) is 13.8 Å². The van der Waals surface area contributed by atoms with Crippen molar-refractivity contribution in [2.24, 2.45) is 11.8 Å². The van der Waals surface area contributed by atoms with Gasteiger partial charge < -0.3 is 44.0 Å². The first-order valence-corrected chi connectivity index (χ1v) is 12.4. The van der Waals surface area contributed by atoms with Crippen LogP contribution in [0.1, 0.15) is 40.5 Å². The topological polar surface area (TPSA) is 159 Å². The molecule has 0 aromatic rings. The largest absolute Gasteiger partial charge is 0.460 e. The molecule has 0 aliphatic carbocycles. The molecule has 12 nitrogen and oxygen atoms in total. The van der Waals surface area contributed by atoms with Crippen molar-refractivity contribution in [2.75, 3.05) is 59.5 Å². The summed E-state index contributed by atoms with van der Waals surface area (Å²) in [6.45, 7) is 7.67. The van der Waals surface area contributed by atoms with Gasteiger partial charge in [0.15, 0.2) is 12.1 Å². The number of rotatable bonds is 19. The molecule has 1 fully saturated rings. The average molecular weight is 522 g/mol. The van der Waals surface area contributed by atoms with Crippen molar-refractivity contribution < 1.29 is 53.0 Å². The molecule has 1 amide bonds. The van der Waals surface area contributed by atoms with Crippen LogP contribution in [0.3, 0.4) is 0 Å². The SMILES string of the molecule is CC[C@H]1O[C@@H](OCCOCCOCCOCC(=O)CC(CO)CO)[C@H](NC(C)=O)[C@@H](OC(C)=O)[C@H]1C. The number of Topliss-reactive ketones (excluding diaryl/α,β-unsaturated/α-hetero) is 1. The molecule has 1 aliphatic heterocycles. The van der Waals surface area contributed by atoms with Gasteiger partial charge in [0.2, 0.25) is 5.91 Å². The summed E-state index contributed by atoms with van der Waals surface area (Å²) in [7, 11) is 0. The van der Waals surface area contributed by atoms with Crippen LogP contribution in [0.25, 0.3) is 0 Å². The van der Waals surface area contributed by atoms with Gasteiger partial charge in [0.1, 0.15) is 18.8 Å². The van der Waals surface area contributed by atoms with Crippen molar-refractivity contribution in [1.29, 1.82) is 0 Å². The number of hydrogen-bond donors (Lipinski definition) is 3. The summed E-state index contributed by atoms with van der Waals surface area (Å²) >= 11 is 0. The Labute approximate surface area is 212 Å². The molecule has 0 aromatic heterocycles. The number of hydrogen-bond acceptors (Lipinski definition) is 11. The van der Waals surface area contributed by atoms with Crippen molar-refractivity contribution in [3.05, 3.63) is 0 Å². The lowest BCUT2D eigenvalue weighted by Crippen LogP contribution is -2.62. The van der Waals surface area contributed by atoms with Gasteiger partial charge in [-0.2, -0.15) is 0 Å². The Bertz CT molecular complexity index is 644. The highest BCUT2D eigenvalue weighted by atomic mass is 16.7. The van der Waals surface area contributed by atoms with Crippen molar-refractivity contribution in [1.82, 2.24) is 5.32 Å². The Hall–Kier alpha value is -1.67. The average Bonchev–Trinajstić information content (AvgIpc) is 2.83. The summed E-state index contributed by atoms with van der Waals surface area (Å²) in [6, 6.07) is -0.641. The third-order valence-electron chi connectivity index (χ3n) is 5.68. The Morgan fingerprint density at radius 3 is 2.06 bits per heavy atom. The highest BCUT2D eigenvalue weighted by Gasteiger charge is 2.46. The molecule has 1 aliphatic rings. The maximum Gasteiger partial charge on any atom is 0.302 e. The number of aliphatic hydroxyl groups excluding tert-OH is 2. The van der Waals surface area contributed by atoms with E-state index in [0.717, 1.165) is 0 Å². The van der Waals surface area contributed by atoms with E-state index < -0.39 is 30.3 Å². The van der Waals surface area contributed by atoms with Gasteiger partial charge in [0.25, 0.3) is 0 Å². The first-order chi connectivity index (χ1) is 17.2. The van der Waals surface area contributed by atoms with E-state index in [4.69, 9.17) is 38.6 Å². The van der Waals surface area contributed by atoms with Crippen LogP contribution in [0.2, 0.25) is 0 Å². The summed E-state index contributed by atoms with van der Waals surface area (Å²) < 4.78 is 33.5. The molecule has 0 unspecified atom stereocenters. The molecular formula is C24H43NO11. The predicted octanol–water partition coefficient (Wildman–Crippen LogP) is -0.180. The van der Waals surface area contributed by atoms with E-state index in [9.17, 15) is 14.4 Å². The molecule has 0 bridgehead atoms. The highest BCUT2D eigenvalue weighted by molar-refractivity contribution is 5.79. The third-order valence-corrected chi connectivity index (χ3v) is 5.68. The smallest absolute Gasteiger partial charge is 0.302 e. The molecule has 0 spiro atoms. The highest BCUT2D eigenvalue weighted by Crippen LogP contribution is 2.30.